The van der Waals surface area contributed by atoms with Crippen molar-refractivity contribution in [1.29, 1.82) is 0 Å². The number of rotatable bonds is 4. The highest BCUT2D eigenvalue weighted by Gasteiger charge is 2.45. The van der Waals surface area contributed by atoms with Crippen molar-refractivity contribution >= 4 is 5.97 Å². The molecule has 1 heterocycles. The first-order valence-corrected chi connectivity index (χ1v) is 6.79. The van der Waals surface area contributed by atoms with E-state index in [1.165, 1.54) is 0 Å². The van der Waals surface area contributed by atoms with Gasteiger partial charge in [-0.2, -0.15) is 0 Å². The predicted molar refractivity (Wildman–Crippen MR) is 69.5 cm³/mol. The van der Waals surface area contributed by atoms with Gasteiger partial charge in [-0.1, -0.05) is 18.6 Å². The van der Waals surface area contributed by atoms with Crippen molar-refractivity contribution in [2.24, 2.45) is 0 Å². The summed E-state index contributed by atoms with van der Waals surface area (Å²) in [5.74, 6) is 0.0794. The van der Waals surface area contributed by atoms with Crippen LogP contribution in [-0.2, 0) is 14.9 Å². The van der Waals surface area contributed by atoms with Crippen molar-refractivity contribution in [2.45, 2.75) is 37.2 Å². The molecule has 1 unspecified atom stereocenters. The third-order valence-corrected chi connectivity index (χ3v) is 4.21. The standard InChI is InChI=1S/C15H18O4/c16-14(17)15(7-1-8-15)11-2-4-12(5-3-11)19-13-6-9-18-10-13/h2-5,13H,1,6-10H2,(H,16,17). The van der Waals surface area contributed by atoms with E-state index in [-0.39, 0.29) is 6.10 Å². The van der Waals surface area contributed by atoms with Crippen molar-refractivity contribution in [1.82, 2.24) is 0 Å². The molecule has 0 bridgehead atoms. The smallest absolute Gasteiger partial charge is 0.314 e. The van der Waals surface area contributed by atoms with Gasteiger partial charge in [0.25, 0.3) is 0 Å². The van der Waals surface area contributed by atoms with E-state index in [4.69, 9.17) is 9.47 Å². The molecule has 1 aliphatic heterocycles. The van der Waals surface area contributed by atoms with Gasteiger partial charge in [-0.3, -0.25) is 4.79 Å². The Morgan fingerprint density at radius 3 is 2.53 bits per heavy atom. The van der Waals surface area contributed by atoms with Crippen LogP contribution in [0.1, 0.15) is 31.2 Å². The molecule has 19 heavy (non-hydrogen) atoms. The van der Waals surface area contributed by atoms with Gasteiger partial charge in [0.15, 0.2) is 0 Å². The number of carboxylic acid groups (broad SMARTS) is 1. The van der Waals surface area contributed by atoms with Gasteiger partial charge in [-0.05, 0) is 30.5 Å². The summed E-state index contributed by atoms with van der Waals surface area (Å²) >= 11 is 0. The maximum Gasteiger partial charge on any atom is 0.314 e. The van der Waals surface area contributed by atoms with Gasteiger partial charge >= 0.3 is 5.97 Å². The summed E-state index contributed by atoms with van der Waals surface area (Å²) < 4.78 is 11.0. The van der Waals surface area contributed by atoms with Crippen molar-refractivity contribution in [3.8, 4) is 5.75 Å². The second-order valence-electron chi connectivity index (χ2n) is 5.37. The molecule has 1 N–H and O–H groups in total. The summed E-state index contributed by atoms with van der Waals surface area (Å²) in [5, 5.41) is 9.39. The van der Waals surface area contributed by atoms with Gasteiger partial charge in [-0.15, -0.1) is 0 Å². The normalized spacial score (nSPS) is 24.7. The largest absolute Gasteiger partial charge is 0.488 e. The van der Waals surface area contributed by atoms with Gasteiger partial charge in [0, 0.05) is 6.42 Å². The molecule has 4 heteroatoms. The topological polar surface area (TPSA) is 55.8 Å². The lowest BCUT2D eigenvalue weighted by Gasteiger charge is -2.38. The molecule has 0 spiro atoms. The number of benzene rings is 1. The Bertz CT molecular complexity index is 456. The fourth-order valence-corrected chi connectivity index (χ4v) is 2.81. The Morgan fingerprint density at radius 1 is 1.32 bits per heavy atom. The molecule has 1 atom stereocenters. The highest BCUT2D eigenvalue weighted by molar-refractivity contribution is 5.82. The number of carboxylic acids is 1. The number of aliphatic carboxylic acids is 1. The summed E-state index contributed by atoms with van der Waals surface area (Å²) in [6.45, 7) is 1.39. The maximum atomic E-state index is 11.4. The molecule has 0 amide bonds. The van der Waals surface area contributed by atoms with E-state index >= 15 is 0 Å². The Hall–Kier alpha value is -1.55. The monoisotopic (exact) mass is 262 g/mol. The first-order valence-electron chi connectivity index (χ1n) is 6.79. The fourth-order valence-electron chi connectivity index (χ4n) is 2.81. The van der Waals surface area contributed by atoms with E-state index in [0.29, 0.717) is 6.61 Å². The van der Waals surface area contributed by atoms with Gasteiger partial charge in [0.1, 0.15) is 11.9 Å². The first-order chi connectivity index (χ1) is 9.21. The van der Waals surface area contributed by atoms with Crippen molar-refractivity contribution in [3.05, 3.63) is 29.8 Å². The van der Waals surface area contributed by atoms with Crippen LogP contribution in [0.2, 0.25) is 0 Å². The molecule has 2 fully saturated rings. The maximum absolute atomic E-state index is 11.4. The molecule has 1 aliphatic carbocycles. The number of hydrogen-bond donors (Lipinski definition) is 1. The first kappa shape index (κ1) is 12.5. The molecule has 4 nitrogen and oxygen atoms in total. The minimum atomic E-state index is -0.711. The Balaban J connectivity index is 1.73. The number of carbonyl (C=O) groups is 1. The second kappa shape index (κ2) is 4.85. The zero-order valence-electron chi connectivity index (χ0n) is 10.8. The summed E-state index contributed by atoms with van der Waals surface area (Å²) in [5.41, 5.74) is 0.232. The van der Waals surface area contributed by atoms with E-state index in [1.807, 2.05) is 24.3 Å². The molecule has 102 valence electrons. The quantitative estimate of drug-likeness (QED) is 0.905. The summed E-state index contributed by atoms with van der Waals surface area (Å²) in [4.78, 5) is 11.4. The summed E-state index contributed by atoms with van der Waals surface area (Å²) in [7, 11) is 0. The van der Waals surface area contributed by atoms with Crippen LogP contribution in [0.25, 0.3) is 0 Å². The van der Waals surface area contributed by atoms with Crippen molar-refractivity contribution in [3.63, 3.8) is 0 Å². The van der Waals surface area contributed by atoms with Crippen LogP contribution < -0.4 is 4.74 Å². The number of ether oxygens (including phenoxy) is 2. The fraction of sp³-hybridized carbons (Fsp3) is 0.533. The molecule has 3 rings (SSSR count). The minimum absolute atomic E-state index is 0.128. The summed E-state index contributed by atoms with van der Waals surface area (Å²) in [6, 6.07) is 7.52. The molecular weight excluding hydrogens is 244 g/mol. The third-order valence-electron chi connectivity index (χ3n) is 4.21. The lowest BCUT2D eigenvalue weighted by molar-refractivity contribution is -0.147. The molecule has 2 aliphatic rings. The Morgan fingerprint density at radius 2 is 2.05 bits per heavy atom. The molecule has 1 saturated carbocycles. The van der Waals surface area contributed by atoms with E-state index in [9.17, 15) is 9.90 Å². The molecule has 1 saturated heterocycles. The molecule has 0 radical (unpaired) electrons. The van der Waals surface area contributed by atoms with Gasteiger partial charge in [0.2, 0.25) is 0 Å². The van der Waals surface area contributed by atoms with E-state index in [0.717, 1.165) is 43.6 Å². The number of hydrogen-bond acceptors (Lipinski definition) is 3. The van der Waals surface area contributed by atoms with Crippen LogP contribution in [0.5, 0.6) is 5.75 Å². The van der Waals surface area contributed by atoms with E-state index in [1.54, 1.807) is 0 Å². The van der Waals surface area contributed by atoms with Gasteiger partial charge < -0.3 is 14.6 Å². The van der Waals surface area contributed by atoms with Crippen molar-refractivity contribution in [2.75, 3.05) is 13.2 Å². The van der Waals surface area contributed by atoms with Crippen LogP contribution in [0.3, 0.4) is 0 Å². The van der Waals surface area contributed by atoms with Gasteiger partial charge in [0.05, 0.1) is 18.6 Å². The molecular formula is C15H18O4. The zero-order chi connectivity index (χ0) is 13.3. The average Bonchev–Trinajstić information content (AvgIpc) is 2.82. The lowest BCUT2D eigenvalue weighted by atomic mass is 9.64. The van der Waals surface area contributed by atoms with Crippen LogP contribution >= 0.6 is 0 Å². The van der Waals surface area contributed by atoms with E-state index in [2.05, 4.69) is 0 Å². The van der Waals surface area contributed by atoms with Crippen molar-refractivity contribution < 1.29 is 19.4 Å². The minimum Gasteiger partial charge on any atom is -0.488 e. The van der Waals surface area contributed by atoms with E-state index < -0.39 is 11.4 Å². The average molecular weight is 262 g/mol. The molecule has 0 aromatic heterocycles. The predicted octanol–water partition coefficient (Wildman–Crippen LogP) is 2.36. The molecule has 1 aromatic carbocycles. The summed E-state index contributed by atoms with van der Waals surface area (Å²) in [6.07, 6.45) is 3.51. The van der Waals surface area contributed by atoms with Crippen LogP contribution in [0.15, 0.2) is 24.3 Å². The third kappa shape index (κ3) is 2.21. The highest BCUT2D eigenvalue weighted by Crippen LogP contribution is 2.44. The second-order valence-corrected chi connectivity index (χ2v) is 5.37. The Labute approximate surface area is 112 Å². The van der Waals surface area contributed by atoms with Crippen LogP contribution in [0.4, 0.5) is 0 Å². The molecule has 1 aromatic rings. The van der Waals surface area contributed by atoms with Crippen LogP contribution in [0, 0.1) is 0 Å². The Kier molecular flexibility index (Phi) is 3.19. The lowest BCUT2D eigenvalue weighted by Crippen LogP contribution is -2.42. The SMILES string of the molecule is O=C(O)C1(c2ccc(OC3CCOC3)cc2)CCC1. The van der Waals surface area contributed by atoms with Gasteiger partial charge in [-0.25, -0.2) is 0 Å². The highest BCUT2D eigenvalue weighted by atomic mass is 16.5. The van der Waals surface area contributed by atoms with Crippen LogP contribution in [-0.4, -0.2) is 30.4 Å². The zero-order valence-corrected chi connectivity index (χ0v) is 10.8.